The van der Waals surface area contributed by atoms with Gasteiger partial charge >= 0.3 is 0 Å². The summed E-state index contributed by atoms with van der Waals surface area (Å²) in [6, 6.07) is 9.64. The summed E-state index contributed by atoms with van der Waals surface area (Å²) in [6.45, 7) is 5.11. The van der Waals surface area contributed by atoms with Crippen molar-refractivity contribution in [3.05, 3.63) is 58.1 Å². The summed E-state index contributed by atoms with van der Waals surface area (Å²) in [6.07, 6.45) is 0. The number of nitrogens with one attached hydrogen (secondary N) is 1. The smallest absolute Gasteiger partial charge is 0.276 e. The van der Waals surface area contributed by atoms with Crippen LogP contribution >= 0.6 is 11.6 Å². The van der Waals surface area contributed by atoms with Crippen molar-refractivity contribution in [1.82, 2.24) is 4.83 Å². The maximum absolute atomic E-state index is 12.4. The van der Waals surface area contributed by atoms with E-state index in [1.54, 1.807) is 26.0 Å². The molecule has 5 nitrogen and oxygen atoms in total. The minimum Gasteiger partial charge on any atom is -0.507 e. The normalized spacial score (nSPS) is 12.3. The molecule has 0 amide bonds. The first-order valence-corrected chi connectivity index (χ1v) is 8.69. The summed E-state index contributed by atoms with van der Waals surface area (Å²) < 4.78 is 24.8. The molecule has 2 aromatic rings. The van der Waals surface area contributed by atoms with Crippen molar-refractivity contribution < 1.29 is 13.5 Å². The Morgan fingerprint density at radius 2 is 1.87 bits per heavy atom. The van der Waals surface area contributed by atoms with E-state index in [1.165, 1.54) is 18.2 Å². The Morgan fingerprint density at radius 1 is 1.17 bits per heavy atom. The van der Waals surface area contributed by atoms with Gasteiger partial charge in [0.25, 0.3) is 10.0 Å². The number of nitrogens with zero attached hydrogens (tertiary/aromatic N) is 1. The summed E-state index contributed by atoms with van der Waals surface area (Å²) in [5.41, 5.74) is 2.13. The second kappa shape index (κ2) is 6.60. The van der Waals surface area contributed by atoms with E-state index in [2.05, 4.69) is 9.93 Å². The van der Waals surface area contributed by atoms with Crippen LogP contribution in [0.25, 0.3) is 0 Å². The molecule has 7 heteroatoms. The third-order valence-corrected chi connectivity index (χ3v) is 4.90. The van der Waals surface area contributed by atoms with Crippen molar-refractivity contribution >= 4 is 27.3 Å². The first kappa shape index (κ1) is 17.3. The maximum atomic E-state index is 12.4. The van der Waals surface area contributed by atoms with Gasteiger partial charge in [0.05, 0.1) is 10.6 Å². The highest BCUT2D eigenvalue weighted by molar-refractivity contribution is 7.89. The van der Waals surface area contributed by atoms with E-state index in [-0.39, 0.29) is 10.6 Å². The van der Waals surface area contributed by atoms with Gasteiger partial charge in [0.2, 0.25) is 0 Å². The average Bonchev–Trinajstić information content (AvgIpc) is 2.49. The molecule has 0 aliphatic carbocycles. The Labute approximate surface area is 140 Å². The Kier molecular flexibility index (Phi) is 4.97. The molecule has 0 aliphatic heterocycles. The number of hydrogen-bond acceptors (Lipinski definition) is 4. The molecule has 0 unspecified atom stereocenters. The highest BCUT2D eigenvalue weighted by atomic mass is 35.5. The molecular weight excluding hydrogens is 336 g/mol. The molecule has 0 spiro atoms. The first-order valence-electron chi connectivity index (χ1n) is 6.83. The molecule has 0 aromatic heterocycles. The lowest BCUT2D eigenvalue weighted by atomic mass is 10.1. The molecule has 0 heterocycles. The number of phenolic OH excluding ortho intramolecular Hbond substituents is 1. The molecule has 0 fully saturated rings. The third-order valence-electron chi connectivity index (χ3n) is 3.32. The van der Waals surface area contributed by atoms with Crippen molar-refractivity contribution in [3.8, 4) is 5.75 Å². The Hall–Kier alpha value is -2.05. The quantitative estimate of drug-likeness (QED) is 0.654. The molecule has 0 bridgehead atoms. The van der Waals surface area contributed by atoms with Crippen molar-refractivity contribution in [1.29, 1.82) is 0 Å². The second-order valence-corrected chi connectivity index (χ2v) is 7.29. The van der Waals surface area contributed by atoms with E-state index in [4.69, 9.17) is 11.6 Å². The van der Waals surface area contributed by atoms with Gasteiger partial charge in [0.1, 0.15) is 5.75 Å². The number of phenols is 1. The van der Waals surface area contributed by atoms with Crippen molar-refractivity contribution in [2.24, 2.45) is 5.10 Å². The van der Waals surface area contributed by atoms with Crippen LogP contribution < -0.4 is 4.83 Å². The van der Waals surface area contributed by atoms with Gasteiger partial charge < -0.3 is 5.11 Å². The third kappa shape index (κ3) is 4.03. The molecule has 2 rings (SSSR count). The Bertz CT molecular complexity index is 877. The van der Waals surface area contributed by atoms with Crippen LogP contribution in [-0.4, -0.2) is 19.2 Å². The number of halogens is 1. The van der Waals surface area contributed by atoms with E-state index in [9.17, 15) is 13.5 Å². The zero-order valence-electron chi connectivity index (χ0n) is 13.0. The van der Waals surface area contributed by atoms with Crippen LogP contribution in [0.15, 0.2) is 46.4 Å². The maximum Gasteiger partial charge on any atom is 0.276 e. The van der Waals surface area contributed by atoms with Gasteiger partial charge in [-0.2, -0.15) is 18.4 Å². The molecular formula is C16H17ClN2O3S. The van der Waals surface area contributed by atoms with Crippen molar-refractivity contribution in [2.45, 2.75) is 25.7 Å². The lowest BCUT2D eigenvalue weighted by molar-refractivity contribution is 0.474. The highest BCUT2D eigenvalue weighted by Crippen LogP contribution is 2.22. The van der Waals surface area contributed by atoms with E-state index < -0.39 is 10.0 Å². The van der Waals surface area contributed by atoms with Gasteiger partial charge in [0.15, 0.2) is 0 Å². The number of aryl methyl sites for hydroxylation is 2. The predicted molar refractivity (Wildman–Crippen MR) is 91.6 cm³/mol. The molecule has 0 radical (unpaired) electrons. The van der Waals surface area contributed by atoms with Crippen LogP contribution in [0.1, 0.15) is 23.6 Å². The molecule has 2 N–H and O–H groups in total. The summed E-state index contributed by atoms with van der Waals surface area (Å²) in [7, 11) is -3.79. The molecule has 0 saturated heterocycles. The number of benzene rings is 2. The number of aromatic hydroxyl groups is 1. The fraction of sp³-hybridized carbons (Fsp3) is 0.188. The summed E-state index contributed by atoms with van der Waals surface area (Å²) in [5, 5.41) is 14.1. The molecule has 0 atom stereocenters. The van der Waals surface area contributed by atoms with Crippen LogP contribution in [0.5, 0.6) is 5.75 Å². The zero-order chi connectivity index (χ0) is 17.2. The Morgan fingerprint density at radius 3 is 2.57 bits per heavy atom. The van der Waals surface area contributed by atoms with Gasteiger partial charge in [-0.1, -0.05) is 23.7 Å². The SMILES string of the molecule is C/C(=N\NS(=O)(=O)c1cc(C)ccc1C)c1cc(Cl)ccc1O. The first-order chi connectivity index (χ1) is 10.7. The van der Waals surface area contributed by atoms with Crippen LogP contribution in [-0.2, 0) is 10.0 Å². The molecule has 0 aliphatic rings. The number of hydrogen-bond donors (Lipinski definition) is 2. The predicted octanol–water partition coefficient (Wildman–Crippen LogP) is 3.36. The topological polar surface area (TPSA) is 78.8 Å². The monoisotopic (exact) mass is 352 g/mol. The largest absolute Gasteiger partial charge is 0.507 e. The minimum atomic E-state index is -3.79. The van der Waals surface area contributed by atoms with Crippen molar-refractivity contribution in [2.75, 3.05) is 0 Å². The summed E-state index contributed by atoms with van der Waals surface area (Å²) in [4.78, 5) is 2.36. The molecule has 122 valence electrons. The minimum absolute atomic E-state index is 0.0263. The van der Waals surface area contributed by atoms with Gasteiger partial charge in [0, 0.05) is 10.6 Å². The second-order valence-electron chi connectivity index (χ2n) is 5.22. The number of sulfonamides is 1. The molecule has 2 aromatic carbocycles. The van der Waals surface area contributed by atoms with E-state index >= 15 is 0 Å². The van der Waals surface area contributed by atoms with Crippen LogP contribution in [0.2, 0.25) is 5.02 Å². The van der Waals surface area contributed by atoms with Crippen LogP contribution in [0, 0.1) is 13.8 Å². The lowest BCUT2D eigenvalue weighted by Crippen LogP contribution is -2.21. The average molecular weight is 353 g/mol. The van der Waals surface area contributed by atoms with Crippen LogP contribution in [0.3, 0.4) is 0 Å². The molecule has 0 saturated carbocycles. The number of rotatable bonds is 4. The van der Waals surface area contributed by atoms with Crippen LogP contribution in [0.4, 0.5) is 0 Å². The molecule has 23 heavy (non-hydrogen) atoms. The van der Waals surface area contributed by atoms with Gasteiger partial charge in [-0.3, -0.25) is 0 Å². The van der Waals surface area contributed by atoms with Gasteiger partial charge in [-0.05, 0) is 56.2 Å². The summed E-state index contributed by atoms with van der Waals surface area (Å²) >= 11 is 5.88. The fourth-order valence-corrected chi connectivity index (χ4v) is 3.39. The Balaban J connectivity index is 2.34. The van der Waals surface area contributed by atoms with E-state index in [0.29, 0.717) is 21.9 Å². The van der Waals surface area contributed by atoms with Crippen molar-refractivity contribution in [3.63, 3.8) is 0 Å². The fourth-order valence-electron chi connectivity index (χ4n) is 2.03. The lowest BCUT2D eigenvalue weighted by Gasteiger charge is -2.09. The zero-order valence-corrected chi connectivity index (χ0v) is 14.5. The summed E-state index contributed by atoms with van der Waals surface area (Å²) in [5.74, 6) is -0.0263. The number of hydrazone groups is 1. The standard InChI is InChI=1S/C16H17ClN2O3S/c1-10-4-5-11(2)16(8-10)23(21,22)19-18-12(3)14-9-13(17)6-7-15(14)20/h4-9,19-20H,1-3H3/b18-12+. The van der Waals surface area contributed by atoms with E-state index in [0.717, 1.165) is 5.56 Å². The highest BCUT2D eigenvalue weighted by Gasteiger charge is 2.16. The van der Waals surface area contributed by atoms with Gasteiger partial charge in [-0.25, -0.2) is 0 Å². The van der Waals surface area contributed by atoms with Gasteiger partial charge in [-0.15, -0.1) is 0 Å². The van der Waals surface area contributed by atoms with E-state index in [1.807, 2.05) is 13.0 Å².